The van der Waals surface area contributed by atoms with Crippen LogP contribution in [0.1, 0.15) is 43.2 Å². The summed E-state index contributed by atoms with van der Waals surface area (Å²) in [7, 11) is 1.52. The summed E-state index contributed by atoms with van der Waals surface area (Å²) in [6, 6.07) is 11.3. The number of para-hydroxylation sites is 1. The molecule has 226 valence electrons. The quantitative estimate of drug-likeness (QED) is 0.374. The molecule has 1 saturated carbocycles. The number of carbonyl (C=O) groups excluding carboxylic acids is 3. The third kappa shape index (κ3) is 8.33. The van der Waals surface area contributed by atoms with E-state index in [1.807, 2.05) is 36.4 Å². The molecule has 4 rings (SSSR count). The summed E-state index contributed by atoms with van der Waals surface area (Å²) in [6.45, 7) is 0.382. The van der Waals surface area contributed by atoms with E-state index in [0.717, 1.165) is 43.2 Å². The minimum atomic E-state index is -1.18. The maximum atomic E-state index is 13.8. The number of aliphatic hydroxyl groups excluding tert-OH is 1. The van der Waals surface area contributed by atoms with Crippen LogP contribution in [0, 0.1) is 5.92 Å². The van der Waals surface area contributed by atoms with Crippen molar-refractivity contribution in [3.63, 3.8) is 0 Å². The molecule has 1 heterocycles. The number of rotatable bonds is 4. The van der Waals surface area contributed by atoms with Crippen LogP contribution in [0.25, 0.3) is 6.08 Å². The number of aliphatic hydroxyl groups is 1. The van der Waals surface area contributed by atoms with E-state index in [4.69, 9.17) is 4.74 Å². The van der Waals surface area contributed by atoms with Gasteiger partial charge in [0, 0.05) is 32.1 Å². The van der Waals surface area contributed by atoms with Crippen molar-refractivity contribution >= 4 is 23.8 Å². The van der Waals surface area contributed by atoms with Crippen molar-refractivity contribution < 1.29 is 29.3 Å². The predicted molar refractivity (Wildman–Crippen MR) is 160 cm³/mol. The second kappa shape index (κ2) is 15.4. The summed E-state index contributed by atoms with van der Waals surface area (Å²) in [5.41, 5.74) is 1.58. The van der Waals surface area contributed by atoms with Gasteiger partial charge in [-0.1, -0.05) is 61.7 Å². The third-order valence-corrected chi connectivity index (χ3v) is 8.02. The summed E-state index contributed by atoms with van der Waals surface area (Å²) in [5, 5.41) is 28.9. The highest BCUT2D eigenvalue weighted by Crippen LogP contribution is 2.28. The average Bonchev–Trinajstić information content (AvgIpc) is 3.00. The molecule has 0 bridgehead atoms. The van der Waals surface area contributed by atoms with Gasteiger partial charge < -0.3 is 35.8 Å². The molecule has 0 saturated heterocycles. The minimum Gasteiger partial charge on any atom is -0.508 e. The number of benzene rings is 2. The fraction of sp³-hybridized carbons (Fsp3) is 0.469. The van der Waals surface area contributed by atoms with E-state index >= 15 is 0 Å². The molecular formula is C32H42N4O6. The monoisotopic (exact) mass is 578 g/mol. The van der Waals surface area contributed by atoms with E-state index in [0.29, 0.717) is 18.9 Å². The van der Waals surface area contributed by atoms with Crippen molar-refractivity contribution in [1.82, 2.24) is 20.9 Å². The number of nitrogens with zero attached hydrogens (tertiary/aromatic N) is 1. The van der Waals surface area contributed by atoms with Gasteiger partial charge in [0.25, 0.3) is 0 Å². The second-order valence-corrected chi connectivity index (χ2v) is 10.9. The summed E-state index contributed by atoms with van der Waals surface area (Å²) in [4.78, 5) is 41.9. The molecule has 1 aliphatic carbocycles. The fourth-order valence-electron chi connectivity index (χ4n) is 5.62. The zero-order valence-corrected chi connectivity index (χ0v) is 24.1. The maximum absolute atomic E-state index is 13.8. The van der Waals surface area contributed by atoms with Gasteiger partial charge in [-0.2, -0.15) is 0 Å². The largest absolute Gasteiger partial charge is 0.508 e. The smallest absolute Gasteiger partial charge is 0.245 e. The van der Waals surface area contributed by atoms with Crippen molar-refractivity contribution in [3.8, 4) is 11.5 Å². The van der Waals surface area contributed by atoms with Crippen LogP contribution in [0.5, 0.6) is 11.5 Å². The van der Waals surface area contributed by atoms with Gasteiger partial charge in [-0.3, -0.25) is 14.4 Å². The molecule has 1 aliphatic heterocycles. The molecule has 3 amide bonds. The van der Waals surface area contributed by atoms with E-state index in [1.54, 1.807) is 12.1 Å². The van der Waals surface area contributed by atoms with E-state index < -0.39 is 36.5 Å². The lowest BCUT2D eigenvalue weighted by molar-refractivity contribution is -0.144. The molecule has 0 spiro atoms. The molecule has 42 heavy (non-hydrogen) atoms. The number of phenolic OH excluding ortho intramolecular Hbond substituents is 1. The first kappa shape index (κ1) is 31.1. The Morgan fingerprint density at radius 2 is 1.71 bits per heavy atom. The Hall–Kier alpha value is -3.89. The molecule has 1 fully saturated rings. The van der Waals surface area contributed by atoms with Crippen molar-refractivity contribution in [2.75, 3.05) is 33.4 Å². The molecule has 0 radical (unpaired) electrons. The van der Waals surface area contributed by atoms with Gasteiger partial charge >= 0.3 is 0 Å². The first-order valence-corrected chi connectivity index (χ1v) is 14.7. The van der Waals surface area contributed by atoms with Gasteiger partial charge in [0.15, 0.2) is 0 Å². The Morgan fingerprint density at radius 3 is 2.45 bits per heavy atom. The lowest BCUT2D eigenvalue weighted by Crippen LogP contribution is -2.59. The molecule has 2 aliphatic rings. The molecule has 5 N–H and O–H groups in total. The topological polar surface area (TPSA) is 140 Å². The summed E-state index contributed by atoms with van der Waals surface area (Å²) in [5.74, 6) is -0.431. The van der Waals surface area contributed by atoms with E-state index in [-0.39, 0.29) is 30.5 Å². The Kier molecular flexibility index (Phi) is 11.4. The highest BCUT2D eigenvalue weighted by molar-refractivity contribution is 5.93. The summed E-state index contributed by atoms with van der Waals surface area (Å²) < 4.78 is 6.06. The Labute approximate surface area is 247 Å². The van der Waals surface area contributed by atoms with E-state index in [2.05, 4.69) is 16.0 Å². The third-order valence-electron chi connectivity index (χ3n) is 8.02. The van der Waals surface area contributed by atoms with Crippen LogP contribution in [0.3, 0.4) is 0 Å². The lowest BCUT2D eigenvalue weighted by atomic mass is 9.83. The van der Waals surface area contributed by atoms with Gasteiger partial charge in [0.2, 0.25) is 17.7 Å². The molecule has 10 heteroatoms. The molecule has 0 aromatic heterocycles. The fourth-order valence-corrected chi connectivity index (χ4v) is 5.62. The van der Waals surface area contributed by atoms with Crippen LogP contribution in [0.4, 0.5) is 0 Å². The molecule has 2 aromatic carbocycles. The molecule has 10 nitrogen and oxygen atoms in total. The normalized spacial score (nSPS) is 24.4. The zero-order chi connectivity index (χ0) is 29.9. The highest BCUT2D eigenvalue weighted by Gasteiger charge is 2.36. The van der Waals surface area contributed by atoms with Crippen LogP contribution >= 0.6 is 0 Å². The van der Waals surface area contributed by atoms with Crippen molar-refractivity contribution in [3.05, 3.63) is 65.7 Å². The van der Waals surface area contributed by atoms with Crippen molar-refractivity contribution in [1.29, 1.82) is 0 Å². The molecular weight excluding hydrogens is 536 g/mol. The van der Waals surface area contributed by atoms with Crippen molar-refractivity contribution in [2.45, 2.75) is 56.7 Å². The number of ether oxygens (including phenoxy) is 1. The number of amides is 3. The van der Waals surface area contributed by atoms with Gasteiger partial charge in [0.05, 0.1) is 12.6 Å². The molecule has 3 atom stereocenters. The van der Waals surface area contributed by atoms with Gasteiger partial charge in [0.1, 0.15) is 30.2 Å². The van der Waals surface area contributed by atoms with Crippen molar-refractivity contribution in [2.24, 2.45) is 5.92 Å². The summed E-state index contributed by atoms with van der Waals surface area (Å²) in [6.07, 6.45) is 8.83. The Morgan fingerprint density at radius 1 is 0.976 bits per heavy atom. The number of likely N-dealkylation sites (N-methyl/N-ethyl adjacent to an activating group) is 1. The lowest BCUT2D eigenvalue weighted by Gasteiger charge is -2.35. The number of carbonyl (C=O) groups is 3. The number of hydrogen-bond donors (Lipinski definition) is 5. The number of fused-ring (bicyclic) bond motifs is 1. The second-order valence-electron chi connectivity index (χ2n) is 10.9. The van der Waals surface area contributed by atoms with Crippen LogP contribution < -0.4 is 20.7 Å². The van der Waals surface area contributed by atoms with Gasteiger partial charge in [-0.05, 0) is 42.5 Å². The zero-order valence-electron chi connectivity index (χ0n) is 24.1. The number of phenols is 1. The van der Waals surface area contributed by atoms with Gasteiger partial charge in [-0.25, -0.2) is 0 Å². The van der Waals surface area contributed by atoms with E-state index in [1.165, 1.54) is 24.1 Å². The first-order valence-electron chi connectivity index (χ1n) is 14.7. The first-order chi connectivity index (χ1) is 20.4. The number of aromatic hydroxyl groups is 1. The number of hydrogen-bond acceptors (Lipinski definition) is 7. The van der Waals surface area contributed by atoms with Crippen LogP contribution in [-0.4, -0.2) is 84.3 Å². The standard InChI is InChI=1S/C32H42N4O6/c1-36-27(21-37)31(40)35-26(20-22-13-15-25(38)16-14-22)30(39)34-17-7-11-23-8-5-6-12-28(23)42-19-18-33-29(32(36)41)24-9-3-2-4-10-24/h5-8,11-16,24,26-27,29,33,37-38H,2-4,9-10,17-21H2,1H3,(H,34,39)(H,35,40)/b11-7+/t26-,27+,29+/m1/s1. The van der Waals surface area contributed by atoms with Gasteiger partial charge in [-0.15, -0.1) is 0 Å². The minimum absolute atomic E-state index is 0.0907. The average molecular weight is 579 g/mol. The van der Waals surface area contributed by atoms with Crippen LogP contribution in [0.2, 0.25) is 0 Å². The Balaban J connectivity index is 1.62. The number of nitrogens with one attached hydrogen (secondary N) is 3. The predicted octanol–water partition coefficient (Wildman–Crippen LogP) is 2.00. The highest BCUT2D eigenvalue weighted by atomic mass is 16.5. The van der Waals surface area contributed by atoms with E-state index in [9.17, 15) is 24.6 Å². The molecule has 2 aromatic rings. The van der Waals surface area contributed by atoms with Crippen LogP contribution in [0.15, 0.2) is 54.6 Å². The maximum Gasteiger partial charge on any atom is 0.245 e. The molecule has 0 unspecified atom stereocenters. The Bertz CT molecular complexity index is 1230. The van der Waals surface area contributed by atoms with Crippen LogP contribution in [-0.2, 0) is 20.8 Å². The SMILES string of the molecule is CN1C(=O)[C@H](C2CCCCC2)NCCOc2ccccc2/C=C/CNC(=O)[C@@H](Cc2ccc(O)cc2)NC(=O)[C@@H]1CO. The summed E-state index contributed by atoms with van der Waals surface area (Å²) >= 11 is 0.